The monoisotopic (exact) mass is 344 g/mol. The molecule has 0 radical (unpaired) electrons. The zero-order chi connectivity index (χ0) is 14.0. The van der Waals surface area contributed by atoms with Crippen molar-refractivity contribution in [3.8, 4) is 6.07 Å². The van der Waals surface area contributed by atoms with Gasteiger partial charge in [-0.25, -0.2) is 4.39 Å². The molecule has 1 fully saturated rings. The van der Waals surface area contributed by atoms with E-state index in [0.717, 1.165) is 6.07 Å². The Labute approximate surface area is 124 Å². The molecule has 1 heterocycles. The van der Waals surface area contributed by atoms with Crippen LogP contribution in [0.15, 0.2) is 16.6 Å². The summed E-state index contributed by atoms with van der Waals surface area (Å²) in [5, 5.41) is 9.04. The molecule has 0 N–H and O–H groups in total. The molecule has 0 bridgehead atoms. The number of nitrogens with zero attached hydrogens (tertiary/aromatic N) is 2. The molecule has 0 aliphatic carbocycles. The van der Waals surface area contributed by atoms with Crippen LogP contribution in [0.4, 0.5) is 4.39 Å². The van der Waals surface area contributed by atoms with Crippen LogP contribution in [0.2, 0.25) is 5.02 Å². The number of piperidine rings is 1. The predicted octanol–water partition coefficient (Wildman–Crippen LogP) is 3.62. The van der Waals surface area contributed by atoms with Gasteiger partial charge in [0.15, 0.2) is 0 Å². The molecule has 1 amide bonds. The minimum Gasteiger partial charge on any atom is -0.338 e. The SMILES string of the molecule is N#CC1CCN(C(=O)c2cc(Br)c(Cl)cc2F)CC1. The molecule has 0 atom stereocenters. The summed E-state index contributed by atoms with van der Waals surface area (Å²) in [7, 11) is 0. The molecule has 100 valence electrons. The zero-order valence-electron chi connectivity index (χ0n) is 10.00. The number of carbonyl (C=O) groups excluding carboxylic acids is 1. The van der Waals surface area contributed by atoms with Crippen LogP contribution in [-0.2, 0) is 0 Å². The lowest BCUT2D eigenvalue weighted by atomic mass is 9.98. The highest BCUT2D eigenvalue weighted by atomic mass is 79.9. The Hall–Kier alpha value is -1.12. The average molecular weight is 346 g/mol. The van der Waals surface area contributed by atoms with Gasteiger partial charge in [0.25, 0.3) is 5.91 Å². The van der Waals surface area contributed by atoms with Crippen molar-refractivity contribution in [2.45, 2.75) is 12.8 Å². The van der Waals surface area contributed by atoms with Crippen molar-refractivity contribution in [1.29, 1.82) is 5.26 Å². The summed E-state index contributed by atoms with van der Waals surface area (Å²) in [5.74, 6) is -0.988. The van der Waals surface area contributed by atoms with Gasteiger partial charge in [0.05, 0.1) is 16.7 Å². The maximum atomic E-state index is 13.8. The van der Waals surface area contributed by atoms with Gasteiger partial charge in [0.2, 0.25) is 0 Å². The summed E-state index contributed by atoms with van der Waals surface area (Å²) in [6.45, 7) is 0.966. The quantitative estimate of drug-likeness (QED) is 0.730. The highest BCUT2D eigenvalue weighted by molar-refractivity contribution is 9.10. The van der Waals surface area contributed by atoms with Crippen molar-refractivity contribution in [2.24, 2.45) is 5.92 Å². The fraction of sp³-hybridized carbons (Fsp3) is 0.385. The van der Waals surface area contributed by atoms with Gasteiger partial charge in [-0.1, -0.05) is 11.6 Å². The Morgan fingerprint density at radius 2 is 2.11 bits per heavy atom. The lowest BCUT2D eigenvalue weighted by molar-refractivity contribution is 0.0702. The van der Waals surface area contributed by atoms with Crippen LogP contribution >= 0.6 is 27.5 Å². The van der Waals surface area contributed by atoms with Gasteiger partial charge in [-0.2, -0.15) is 5.26 Å². The highest BCUT2D eigenvalue weighted by Gasteiger charge is 2.25. The molecule has 0 aromatic heterocycles. The van der Waals surface area contributed by atoms with Gasteiger partial charge in [0.1, 0.15) is 5.82 Å². The second kappa shape index (κ2) is 5.89. The van der Waals surface area contributed by atoms with Gasteiger partial charge < -0.3 is 4.90 Å². The molecule has 2 rings (SSSR count). The summed E-state index contributed by atoms with van der Waals surface area (Å²) in [5.41, 5.74) is 0.00619. The topological polar surface area (TPSA) is 44.1 Å². The molecule has 1 saturated heterocycles. The molecule has 19 heavy (non-hydrogen) atoms. The van der Waals surface area contributed by atoms with Crippen LogP contribution < -0.4 is 0 Å². The van der Waals surface area contributed by atoms with Crippen LogP contribution in [0.1, 0.15) is 23.2 Å². The van der Waals surface area contributed by atoms with E-state index in [2.05, 4.69) is 22.0 Å². The number of rotatable bonds is 1. The summed E-state index contributed by atoms with van der Waals surface area (Å²) in [4.78, 5) is 13.8. The molecular weight excluding hydrogens is 335 g/mol. The minimum atomic E-state index is -0.624. The van der Waals surface area contributed by atoms with E-state index < -0.39 is 5.82 Å². The second-order valence-corrected chi connectivity index (χ2v) is 5.70. The molecule has 1 aromatic carbocycles. The van der Waals surface area contributed by atoms with E-state index in [1.54, 1.807) is 4.90 Å². The van der Waals surface area contributed by atoms with Gasteiger partial charge >= 0.3 is 0 Å². The summed E-state index contributed by atoms with van der Waals surface area (Å²) >= 11 is 8.95. The molecule has 0 unspecified atom stereocenters. The van der Waals surface area contributed by atoms with Crippen LogP contribution in [0, 0.1) is 23.1 Å². The van der Waals surface area contributed by atoms with Gasteiger partial charge in [-0.05, 0) is 40.9 Å². The molecule has 3 nitrogen and oxygen atoms in total. The third-order valence-corrected chi connectivity index (χ3v) is 4.40. The van der Waals surface area contributed by atoms with Crippen molar-refractivity contribution in [3.05, 3.63) is 33.0 Å². The van der Waals surface area contributed by atoms with Crippen LogP contribution in [0.5, 0.6) is 0 Å². The Balaban J connectivity index is 2.17. The number of carbonyl (C=O) groups is 1. The van der Waals surface area contributed by atoms with Crippen molar-refractivity contribution in [1.82, 2.24) is 4.90 Å². The molecule has 1 aliphatic heterocycles. The van der Waals surface area contributed by atoms with Crippen molar-refractivity contribution < 1.29 is 9.18 Å². The lowest BCUT2D eigenvalue weighted by Crippen LogP contribution is -2.38. The molecule has 0 saturated carbocycles. The molecule has 0 spiro atoms. The summed E-state index contributed by atoms with van der Waals surface area (Å²) < 4.78 is 14.3. The third-order valence-electron chi connectivity index (χ3n) is 3.21. The molecular formula is C13H11BrClFN2O. The third kappa shape index (κ3) is 3.07. The van der Waals surface area contributed by atoms with Crippen molar-refractivity contribution in [3.63, 3.8) is 0 Å². The first-order valence-electron chi connectivity index (χ1n) is 5.86. The number of amides is 1. The van der Waals surface area contributed by atoms with E-state index in [1.165, 1.54) is 6.07 Å². The van der Waals surface area contributed by atoms with Crippen molar-refractivity contribution >= 4 is 33.4 Å². The van der Waals surface area contributed by atoms with Gasteiger partial charge in [0, 0.05) is 23.5 Å². The lowest BCUT2D eigenvalue weighted by Gasteiger charge is -2.29. The maximum Gasteiger partial charge on any atom is 0.256 e. The zero-order valence-corrected chi connectivity index (χ0v) is 12.3. The summed E-state index contributed by atoms with van der Waals surface area (Å²) in [6.07, 6.45) is 1.28. The largest absolute Gasteiger partial charge is 0.338 e. The number of nitriles is 1. The van der Waals surface area contributed by atoms with Crippen molar-refractivity contribution in [2.75, 3.05) is 13.1 Å². The first-order valence-corrected chi connectivity index (χ1v) is 7.03. The van der Waals surface area contributed by atoms with E-state index in [4.69, 9.17) is 16.9 Å². The number of hydrogen-bond acceptors (Lipinski definition) is 2. The number of halogens is 3. The molecule has 1 aliphatic rings. The van der Waals surface area contributed by atoms with Gasteiger partial charge in [-0.15, -0.1) is 0 Å². The van der Waals surface area contributed by atoms with E-state index in [0.29, 0.717) is 30.4 Å². The van der Waals surface area contributed by atoms with E-state index in [1.807, 2.05) is 0 Å². The van der Waals surface area contributed by atoms with E-state index in [-0.39, 0.29) is 22.4 Å². The van der Waals surface area contributed by atoms with Crippen LogP contribution in [0.25, 0.3) is 0 Å². The number of benzene rings is 1. The average Bonchev–Trinajstić information content (AvgIpc) is 2.42. The Morgan fingerprint density at radius 1 is 1.47 bits per heavy atom. The maximum absolute atomic E-state index is 13.8. The normalized spacial score (nSPS) is 16.2. The Kier molecular flexibility index (Phi) is 4.43. The smallest absolute Gasteiger partial charge is 0.256 e. The number of hydrogen-bond donors (Lipinski definition) is 0. The second-order valence-electron chi connectivity index (χ2n) is 4.44. The van der Waals surface area contributed by atoms with Crippen LogP contribution in [-0.4, -0.2) is 23.9 Å². The molecule has 1 aromatic rings. The number of likely N-dealkylation sites (tertiary alicyclic amines) is 1. The fourth-order valence-electron chi connectivity index (χ4n) is 2.07. The Bertz CT molecular complexity index is 550. The molecule has 6 heteroatoms. The standard InChI is InChI=1S/C13H11BrClFN2O/c14-10-5-9(12(16)6-11(10)15)13(19)18-3-1-8(7-17)2-4-18/h5-6,8H,1-4H2. The first-order chi connectivity index (χ1) is 9.02. The summed E-state index contributed by atoms with van der Waals surface area (Å²) in [6, 6.07) is 4.72. The highest BCUT2D eigenvalue weighted by Crippen LogP contribution is 2.27. The van der Waals surface area contributed by atoms with E-state index >= 15 is 0 Å². The fourth-order valence-corrected chi connectivity index (χ4v) is 2.56. The predicted molar refractivity (Wildman–Crippen MR) is 73.4 cm³/mol. The van der Waals surface area contributed by atoms with E-state index in [9.17, 15) is 9.18 Å². The van der Waals surface area contributed by atoms with Gasteiger partial charge in [-0.3, -0.25) is 4.79 Å². The van der Waals surface area contributed by atoms with Crippen LogP contribution in [0.3, 0.4) is 0 Å². The first kappa shape index (κ1) is 14.3. The minimum absolute atomic E-state index is 0.00619. The Morgan fingerprint density at radius 3 is 2.68 bits per heavy atom.